The van der Waals surface area contributed by atoms with Crippen molar-refractivity contribution in [2.45, 2.75) is 144 Å². The Labute approximate surface area is 661 Å². The smallest absolute Gasteiger partial charge is 0.252 e. The van der Waals surface area contributed by atoms with E-state index in [-0.39, 0.29) is 138 Å². The third kappa shape index (κ3) is 14.9. The summed E-state index contributed by atoms with van der Waals surface area (Å²) < 4.78 is 17.1. The van der Waals surface area contributed by atoms with E-state index in [1.54, 1.807) is 12.2 Å². The Hall–Kier alpha value is -3.79. The van der Waals surface area contributed by atoms with Crippen molar-refractivity contribution in [3.05, 3.63) is 142 Å². The van der Waals surface area contributed by atoms with Crippen LogP contribution in [0.3, 0.4) is 0 Å². The molecule has 20 nitrogen and oxygen atoms in total. The van der Waals surface area contributed by atoms with Crippen LogP contribution in [-0.2, 0) is 33.4 Å². The maximum Gasteiger partial charge on any atom is 0.252 e. The van der Waals surface area contributed by atoms with Crippen LogP contribution in [0.4, 0.5) is 0 Å². The van der Waals surface area contributed by atoms with Gasteiger partial charge in [0.05, 0.1) is 40.0 Å². The van der Waals surface area contributed by atoms with Gasteiger partial charge in [-0.3, -0.25) is 33.6 Å². The summed E-state index contributed by atoms with van der Waals surface area (Å²) >= 11 is 14.9. The number of ketones is 6. The van der Waals surface area contributed by atoms with E-state index in [4.69, 9.17) is 25.8 Å². The first kappa shape index (κ1) is 84.5. The molecular formula is C74H82ClI6O20-. The Morgan fingerprint density at radius 1 is 0.574 bits per heavy atom. The molecule has 6 saturated carbocycles. The molecule has 8 aliphatic rings. The molecule has 0 heterocycles. The van der Waals surface area contributed by atoms with Gasteiger partial charge in [-0.1, -0.05) is 91.8 Å². The summed E-state index contributed by atoms with van der Waals surface area (Å²) in [5, 5.41) is 72.0. The summed E-state index contributed by atoms with van der Waals surface area (Å²) in [6, 6.07) is 12.4. The van der Waals surface area contributed by atoms with Crippen LogP contribution < -0.4 is 13.3 Å². The molecule has 12 rings (SSSR count). The normalized spacial score (nSPS) is 32.2. The number of phenols is 4. The Balaban J connectivity index is 0.000000224. The number of esters is 3. The van der Waals surface area contributed by atoms with Gasteiger partial charge < -0.3 is 50.0 Å². The largest absolute Gasteiger partial charge is 0.507 e. The number of aliphatic hydroxyl groups excluding tert-OH is 3. The molecule has 4 aromatic carbocycles. The van der Waals surface area contributed by atoms with Gasteiger partial charge in [0.25, 0.3) is 5.24 Å². The molecule has 27 heteroatoms. The minimum atomic E-state index is -1.04. The van der Waals surface area contributed by atoms with Gasteiger partial charge in [-0.2, -0.15) is 0 Å². The number of hydrogen-bond acceptors (Lipinski definition) is 20. The monoisotopic (exact) mass is 2090 g/mol. The first-order chi connectivity index (χ1) is 47.0. The maximum absolute atomic E-state index is 13.6. The van der Waals surface area contributed by atoms with Crippen molar-refractivity contribution in [1.29, 1.82) is 0 Å². The zero-order valence-electron chi connectivity index (χ0n) is 56.7. The molecule has 0 spiro atoms. The summed E-state index contributed by atoms with van der Waals surface area (Å²) in [4.78, 5) is 127. The van der Waals surface area contributed by atoms with Crippen LogP contribution in [0.15, 0.2) is 86.0 Å². The van der Waals surface area contributed by atoms with Gasteiger partial charge in [0.1, 0.15) is 53.4 Å². The molecule has 0 aromatic heterocycles. The number of Topliss-reactive ketones (excluding diaryl/α,β-unsaturated/α-hetero) is 2. The van der Waals surface area contributed by atoms with Crippen molar-refractivity contribution < 1.29 is 111 Å². The number of aliphatic hydroxyl groups is 3. The van der Waals surface area contributed by atoms with E-state index in [0.29, 0.717) is 38.9 Å². The van der Waals surface area contributed by atoms with E-state index >= 15 is 0 Å². The molecule has 8 aliphatic carbocycles. The maximum atomic E-state index is 13.6. The van der Waals surface area contributed by atoms with Gasteiger partial charge in [0.15, 0.2) is 18.2 Å². The topological polar surface area (TPSA) is 340 Å². The second kappa shape index (κ2) is 33.1. The Morgan fingerprint density at radius 3 is 1.32 bits per heavy atom. The van der Waals surface area contributed by atoms with Crippen molar-refractivity contribution >= 4 is 168 Å². The SMILES string of the molecule is C=C[C@@]1(C)C[C@H](OC(=O)CO)[C@]2(C)C3C(=O)CC[C@]3(CC[C@@H]2C)[C@H](C)[C@H]1O.C=C[C@@]1(C)C[C@H](OC(=O)COC(=O)c2cc(O)c3c(c2)C(=O)c2cccc(O)c2C3=O)[C@]2(C)C3C(=O)CC[C@]3(CC[C@@H]2C)[C@H](C)[C@H]1O.I.II.I[I-]I.O=C(Cl)c1cc(O)c2c(c1)C(=O)c1cccc(O)c1C2=O. The summed E-state index contributed by atoms with van der Waals surface area (Å²) in [6.45, 7) is 22.7. The number of halogens is 7. The molecule has 0 saturated heterocycles. The summed E-state index contributed by atoms with van der Waals surface area (Å²) in [6.07, 6.45) is 7.05. The van der Waals surface area contributed by atoms with Crippen molar-refractivity contribution in [1.82, 2.24) is 0 Å². The van der Waals surface area contributed by atoms with Crippen LogP contribution in [0.1, 0.15) is 204 Å². The Kier molecular flexibility index (Phi) is 27.7. The van der Waals surface area contributed by atoms with E-state index < -0.39 is 134 Å². The van der Waals surface area contributed by atoms with Gasteiger partial charge in [-0.15, -0.1) is 37.1 Å². The molecule has 6 fully saturated rings. The van der Waals surface area contributed by atoms with Crippen LogP contribution in [0.25, 0.3) is 0 Å². The number of aromatic hydroxyl groups is 4. The number of ether oxygens (including phenoxy) is 3. The van der Waals surface area contributed by atoms with Gasteiger partial charge >= 0.3 is 68.4 Å². The van der Waals surface area contributed by atoms with E-state index in [1.165, 1.54) is 36.4 Å². The average molecular weight is 2090 g/mol. The summed E-state index contributed by atoms with van der Waals surface area (Å²) in [5.74, 6) is -7.48. The van der Waals surface area contributed by atoms with E-state index in [2.05, 4.69) is 115 Å². The molecule has 0 aliphatic heterocycles. The van der Waals surface area contributed by atoms with Crippen molar-refractivity contribution in [3.63, 3.8) is 0 Å². The van der Waals surface area contributed by atoms with Gasteiger partial charge in [0, 0.05) is 111 Å². The zero-order valence-corrected chi connectivity index (χ0v) is 70.6. The summed E-state index contributed by atoms with van der Waals surface area (Å²) in [5.41, 5.74) is -5.18. The Morgan fingerprint density at radius 2 is 0.941 bits per heavy atom. The zero-order chi connectivity index (χ0) is 74.4. The number of benzene rings is 4. The predicted octanol–water partition coefficient (Wildman–Crippen LogP) is 11.2. The van der Waals surface area contributed by atoms with Crippen LogP contribution in [0.2, 0.25) is 0 Å². The second-order valence-electron chi connectivity index (χ2n) is 28.7. The molecular weight excluding hydrogens is 2010 g/mol. The van der Waals surface area contributed by atoms with E-state index in [9.17, 15) is 83.7 Å². The van der Waals surface area contributed by atoms with Crippen molar-refractivity contribution in [2.24, 2.45) is 68.0 Å². The minimum Gasteiger partial charge on any atom is -0.507 e. The van der Waals surface area contributed by atoms with Gasteiger partial charge in [-0.25, -0.2) is 14.4 Å². The third-order valence-electron chi connectivity index (χ3n) is 24.3. The molecule has 7 N–H and O–H groups in total. The fourth-order valence-corrected chi connectivity index (χ4v) is 18.5. The van der Waals surface area contributed by atoms with Crippen molar-refractivity contribution in [2.75, 3.05) is 13.2 Å². The van der Waals surface area contributed by atoms with E-state index in [0.717, 1.165) is 56.4 Å². The predicted molar refractivity (Wildman–Crippen MR) is 414 cm³/mol. The van der Waals surface area contributed by atoms with Gasteiger partial charge in [0.2, 0.25) is 11.6 Å². The average Bonchev–Trinajstić information content (AvgIpc) is 1.67. The van der Waals surface area contributed by atoms with Crippen molar-refractivity contribution in [3.8, 4) is 23.0 Å². The van der Waals surface area contributed by atoms with Crippen LogP contribution in [0, 0.1) is 68.0 Å². The molecule has 4 aromatic rings. The standard InChI is InChI=1S/C37H40O10.C22H34O5.C15H7ClO5.I3.I2.HI/c1-6-35(4)16-26(36(5)18(2)10-12-37(19(3)33(35)44)13-11-24(39)32(36)37)47-27(41)17-46-34(45)20-14-22-29(25(40)15-20)31(43)28-21(30(22)42)8-7-9-23(28)38;1-6-20(4)11-16(27-17(25)12-23)21(5)13(2)7-9-22(14(3)19(20)26)10-8-15(24)18(21)22;16-15(21)6-4-8-12(10(18)5-6)14(20)11-7(13(8)19)2-1-3-9(11)17;1-3-2;1-2;/h6-9,14-15,18-19,26,32-33,38,40,44H,1,10-13,16-17H2,2-5H3;6,13-14,16,18-19,23,26H,1,7-12H2,2-5H3;1-5,17-18H;;;1H/q;;;-1;;/t18-,19+,26-,32?,33+,35-,36+,37+;13-,14+,16-,18?,19+,20-,21+,22+;;;;/m00..../s1. The van der Waals surface area contributed by atoms with Gasteiger partial charge in [-0.05, 0) is 134 Å². The van der Waals surface area contributed by atoms with Crippen LogP contribution in [-0.4, -0.2) is 131 Å². The van der Waals surface area contributed by atoms with E-state index in [1.807, 2.05) is 27.7 Å². The Bertz CT molecular complexity index is 4030. The van der Waals surface area contributed by atoms with Crippen LogP contribution in [0.5, 0.6) is 23.0 Å². The molecule has 0 amide bonds. The molecule has 2 unspecified atom stereocenters. The number of carbonyl (C=O) groups is 10. The fraction of sp³-hybridized carbons (Fsp3) is 0.486. The molecule has 4 bridgehead atoms. The molecule has 101 heavy (non-hydrogen) atoms. The molecule has 0 radical (unpaired) electrons. The number of phenolic OH excluding ortho intramolecular Hbond substituents is 4. The molecule has 16 atom stereocenters. The molecule has 548 valence electrons. The minimum absolute atomic E-state index is 0. The number of carbonyl (C=O) groups excluding carboxylic acids is 10. The number of fused-ring (bicyclic) bond motifs is 4. The van der Waals surface area contributed by atoms with Crippen LogP contribution >= 0.6 is 110 Å². The number of hydrogen-bond donors (Lipinski definition) is 7. The quantitative estimate of drug-likeness (QED) is 0.0232. The fourth-order valence-electron chi connectivity index (χ4n) is 18.4. The summed E-state index contributed by atoms with van der Waals surface area (Å²) in [7, 11) is 0. The third-order valence-corrected chi connectivity index (χ3v) is 24.5. The first-order valence-corrected chi connectivity index (χ1v) is 51.9. The first-order valence-electron chi connectivity index (χ1n) is 32.6. The number of rotatable bonds is 9. The second-order valence-corrected chi connectivity index (χ2v) is 45.3.